The Balaban J connectivity index is 2.89. The highest BCUT2D eigenvalue weighted by molar-refractivity contribution is 5.71. The van der Waals surface area contributed by atoms with E-state index in [1.807, 2.05) is 13.0 Å². The molecule has 0 atom stereocenters. The molecule has 1 aromatic rings. The Morgan fingerprint density at radius 2 is 2.36 bits per heavy atom. The molecule has 0 fully saturated rings. The Kier molecular flexibility index (Phi) is 2.18. The van der Waals surface area contributed by atoms with Crippen LogP contribution in [0.5, 0.6) is 0 Å². The topological polar surface area (TPSA) is 60.2 Å². The van der Waals surface area contributed by atoms with E-state index in [1.54, 1.807) is 12.3 Å². The fourth-order valence-electron chi connectivity index (χ4n) is 0.662. The Labute approximate surface area is 64.6 Å². The van der Waals surface area contributed by atoms with Crippen LogP contribution in [0, 0.1) is 12.3 Å². The largest absolute Gasteiger partial charge is 0.289 e. The normalized spacial score (nSPS) is 9.27. The van der Waals surface area contributed by atoms with Crippen LogP contribution in [-0.4, -0.2) is 16.5 Å². The maximum absolute atomic E-state index is 8.95. The van der Waals surface area contributed by atoms with Gasteiger partial charge >= 0.3 is 0 Å². The Morgan fingerprint density at radius 1 is 1.64 bits per heavy atom. The SMILES string of the molecule is Cc1ccc(N(O)C=N)nc1. The minimum Gasteiger partial charge on any atom is -0.289 e. The molecule has 0 amide bonds. The molecule has 58 valence electrons. The van der Waals surface area contributed by atoms with Gasteiger partial charge in [0.05, 0.1) is 0 Å². The van der Waals surface area contributed by atoms with E-state index < -0.39 is 0 Å². The van der Waals surface area contributed by atoms with Crippen molar-refractivity contribution in [3.8, 4) is 0 Å². The lowest BCUT2D eigenvalue weighted by atomic mass is 10.3. The maximum Gasteiger partial charge on any atom is 0.158 e. The lowest BCUT2D eigenvalue weighted by Crippen LogP contribution is -2.15. The number of anilines is 1. The second-order valence-corrected chi connectivity index (χ2v) is 2.17. The highest BCUT2D eigenvalue weighted by Crippen LogP contribution is 2.06. The average molecular weight is 151 g/mol. The predicted octanol–water partition coefficient (Wildman–Crippen LogP) is 1.19. The molecule has 0 aliphatic rings. The summed E-state index contributed by atoms with van der Waals surface area (Å²) in [6, 6.07) is 3.45. The summed E-state index contributed by atoms with van der Waals surface area (Å²) in [4.78, 5) is 3.87. The van der Waals surface area contributed by atoms with Crippen LogP contribution in [0.25, 0.3) is 0 Å². The first-order chi connectivity index (χ1) is 5.24. The fourth-order valence-corrected chi connectivity index (χ4v) is 0.662. The van der Waals surface area contributed by atoms with Gasteiger partial charge in [-0.15, -0.1) is 0 Å². The molecule has 0 radical (unpaired) electrons. The van der Waals surface area contributed by atoms with Crippen molar-refractivity contribution < 1.29 is 5.21 Å². The van der Waals surface area contributed by atoms with E-state index in [-0.39, 0.29) is 0 Å². The van der Waals surface area contributed by atoms with E-state index in [4.69, 9.17) is 10.6 Å². The summed E-state index contributed by atoms with van der Waals surface area (Å²) in [6.07, 6.45) is 2.42. The third-order valence-corrected chi connectivity index (χ3v) is 1.25. The van der Waals surface area contributed by atoms with Crippen molar-refractivity contribution >= 4 is 12.2 Å². The van der Waals surface area contributed by atoms with Gasteiger partial charge in [0.15, 0.2) is 5.82 Å². The van der Waals surface area contributed by atoms with Crippen molar-refractivity contribution in [2.24, 2.45) is 0 Å². The summed E-state index contributed by atoms with van der Waals surface area (Å²) in [7, 11) is 0. The quantitative estimate of drug-likeness (QED) is 0.379. The van der Waals surface area contributed by atoms with Crippen LogP contribution in [0.4, 0.5) is 5.82 Å². The van der Waals surface area contributed by atoms with Crippen LogP contribution >= 0.6 is 0 Å². The third-order valence-electron chi connectivity index (χ3n) is 1.25. The maximum atomic E-state index is 8.95. The van der Waals surface area contributed by atoms with Crippen LogP contribution in [-0.2, 0) is 0 Å². The summed E-state index contributed by atoms with van der Waals surface area (Å²) in [5, 5.41) is 16.3. The van der Waals surface area contributed by atoms with E-state index in [0.717, 1.165) is 11.9 Å². The molecular formula is C7H9N3O. The van der Waals surface area contributed by atoms with Crippen molar-refractivity contribution in [2.45, 2.75) is 6.92 Å². The predicted molar refractivity (Wildman–Crippen MR) is 42.0 cm³/mol. The minimum absolute atomic E-state index is 0.352. The number of hydrogen-bond donors (Lipinski definition) is 2. The third kappa shape index (κ3) is 1.75. The van der Waals surface area contributed by atoms with Crippen LogP contribution in [0.2, 0.25) is 0 Å². The first kappa shape index (κ1) is 7.68. The second-order valence-electron chi connectivity index (χ2n) is 2.17. The molecule has 11 heavy (non-hydrogen) atoms. The van der Waals surface area contributed by atoms with E-state index in [2.05, 4.69) is 4.98 Å². The first-order valence-corrected chi connectivity index (χ1v) is 3.15. The molecular weight excluding hydrogens is 142 g/mol. The van der Waals surface area contributed by atoms with Gasteiger partial charge in [-0.2, -0.15) is 5.06 Å². The van der Waals surface area contributed by atoms with Crippen molar-refractivity contribution in [1.82, 2.24) is 4.98 Å². The summed E-state index contributed by atoms with van der Waals surface area (Å²) >= 11 is 0. The number of nitrogens with one attached hydrogen (secondary N) is 1. The van der Waals surface area contributed by atoms with Crippen LogP contribution in [0.3, 0.4) is 0 Å². The van der Waals surface area contributed by atoms with Gasteiger partial charge in [-0.05, 0) is 18.6 Å². The molecule has 1 aromatic heterocycles. The molecule has 4 heteroatoms. The molecule has 0 aromatic carbocycles. The molecule has 4 nitrogen and oxygen atoms in total. The van der Waals surface area contributed by atoms with Gasteiger partial charge in [0.1, 0.15) is 6.34 Å². The number of nitrogens with zero attached hydrogens (tertiary/aromatic N) is 2. The van der Waals surface area contributed by atoms with E-state index in [9.17, 15) is 0 Å². The number of hydrogen-bond acceptors (Lipinski definition) is 3. The van der Waals surface area contributed by atoms with Crippen LogP contribution < -0.4 is 5.06 Å². The van der Waals surface area contributed by atoms with Gasteiger partial charge < -0.3 is 0 Å². The molecule has 0 spiro atoms. The van der Waals surface area contributed by atoms with Crippen molar-refractivity contribution in [3.63, 3.8) is 0 Å². The molecule has 1 rings (SSSR count). The summed E-state index contributed by atoms with van der Waals surface area (Å²) in [6.45, 7) is 1.91. The zero-order valence-corrected chi connectivity index (χ0v) is 6.15. The number of rotatable bonds is 2. The standard InChI is InChI=1S/C7H9N3O/c1-6-2-3-7(9-4-6)10(11)5-8/h2-5,8,11H,1H3. The van der Waals surface area contributed by atoms with Crippen molar-refractivity contribution in [2.75, 3.05) is 5.06 Å². The monoisotopic (exact) mass is 151 g/mol. The molecule has 1 heterocycles. The van der Waals surface area contributed by atoms with Crippen molar-refractivity contribution in [1.29, 1.82) is 5.41 Å². The second kappa shape index (κ2) is 3.12. The van der Waals surface area contributed by atoms with Crippen LogP contribution in [0.1, 0.15) is 5.56 Å². The van der Waals surface area contributed by atoms with Gasteiger partial charge in [-0.1, -0.05) is 6.07 Å². The summed E-state index contributed by atoms with van der Waals surface area (Å²) < 4.78 is 0. The van der Waals surface area contributed by atoms with Gasteiger partial charge in [0.2, 0.25) is 0 Å². The molecule has 0 saturated heterocycles. The van der Waals surface area contributed by atoms with Gasteiger partial charge in [0, 0.05) is 6.20 Å². The lowest BCUT2D eigenvalue weighted by molar-refractivity contribution is 0.313. The van der Waals surface area contributed by atoms with Gasteiger partial charge in [0.25, 0.3) is 0 Å². The summed E-state index contributed by atoms with van der Waals surface area (Å²) in [5.74, 6) is 0.352. The zero-order chi connectivity index (χ0) is 8.27. The van der Waals surface area contributed by atoms with E-state index in [1.165, 1.54) is 0 Å². The number of aryl methyl sites for hydroxylation is 1. The Hall–Kier alpha value is -1.42. The average Bonchev–Trinajstić information content (AvgIpc) is 2.05. The minimum atomic E-state index is 0.352. The summed E-state index contributed by atoms with van der Waals surface area (Å²) in [5.41, 5.74) is 1.02. The molecule has 0 aliphatic carbocycles. The number of pyridine rings is 1. The molecule has 2 N–H and O–H groups in total. The molecule has 0 aliphatic heterocycles. The van der Waals surface area contributed by atoms with Gasteiger partial charge in [-0.3, -0.25) is 10.6 Å². The van der Waals surface area contributed by atoms with Gasteiger partial charge in [-0.25, -0.2) is 4.98 Å². The van der Waals surface area contributed by atoms with Crippen LogP contribution in [0.15, 0.2) is 18.3 Å². The Bertz CT molecular complexity index is 244. The molecule has 0 bridgehead atoms. The smallest absolute Gasteiger partial charge is 0.158 e. The number of hydroxylamine groups is 1. The van der Waals surface area contributed by atoms with Crippen molar-refractivity contribution in [3.05, 3.63) is 23.9 Å². The highest BCUT2D eigenvalue weighted by atomic mass is 16.5. The number of aromatic nitrogens is 1. The molecule has 0 unspecified atom stereocenters. The fraction of sp³-hybridized carbons (Fsp3) is 0.143. The van der Waals surface area contributed by atoms with E-state index >= 15 is 0 Å². The molecule has 0 saturated carbocycles. The zero-order valence-electron chi connectivity index (χ0n) is 6.15. The lowest BCUT2D eigenvalue weighted by Gasteiger charge is -2.07. The first-order valence-electron chi connectivity index (χ1n) is 3.15. The highest BCUT2D eigenvalue weighted by Gasteiger charge is 1.97. The van der Waals surface area contributed by atoms with E-state index in [0.29, 0.717) is 10.9 Å². The Morgan fingerprint density at radius 3 is 2.82 bits per heavy atom.